The fourth-order valence-electron chi connectivity index (χ4n) is 1.42. The van der Waals surface area contributed by atoms with Gasteiger partial charge in [-0.3, -0.25) is 9.59 Å². The van der Waals surface area contributed by atoms with Gasteiger partial charge in [0, 0.05) is 6.42 Å². The summed E-state index contributed by atoms with van der Waals surface area (Å²) >= 11 is 5.52. The Balaban J connectivity index is 2.57. The predicted octanol–water partition coefficient (Wildman–Crippen LogP) is 1.46. The third-order valence-corrected chi connectivity index (χ3v) is 2.55. The molecule has 0 radical (unpaired) electrons. The fourth-order valence-corrected chi connectivity index (χ4v) is 1.56. The predicted molar refractivity (Wildman–Crippen MR) is 68.5 cm³/mol. The molecule has 0 aliphatic heterocycles. The van der Waals surface area contributed by atoms with Crippen molar-refractivity contribution in [3.63, 3.8) is 0 Å². The molecule has 1 amide bonds. The highest BCUT2D eigenvalue weighted by Gasteiger charge is 2.23. The number of carbonyl (C=O) groups excluding carboxylic acids is 2. The molecule has 0 aliphatic rings. The quantitative estimate of drug-likeness (QED) is 0.739. The number of amides is 1. The molecule has 1 atom stereocenters. The largest absolute Gasteiger partial charge is 0.480 e. The number of hydrogen-bond donors (Lipinski definition) is 2. The zero-order valence-corrected chi connectivity index (χ0v) is 11.5. The van der Waals surface area contributed by atoms with Crippen LogP contribution in [-0.2, 0) is 14.3 Å². The molecule has 8 heteroatoms. The maximum atomic E-state index is 11.7. The molecule has 1 aromatic heterocycles. The molecule has 7 nitrogen and oxygen atoms in total. The van der Waals surface area contributed by atoms with E-state index in [4.69, 9.17) is 21.1 Å². The molecule has 0 saturated carbocycles. The van der Waals surface area contributed by atoms with Crippen molar-refractivity contribution in [2.45, 2.75) is 25.8 Å². The topological polar surface area (TPSA) is 106 Å². The van der Waals surface area contributed by atoms with Crippen molar-refractivity contribution in [2.24, 2.45) is 0 Å². The number of carboxylic acid groups (broad SMARTS) is 1. The Morgan fingerprint density at radius 1 is 1.45 bits per heavy atom. The van der Waals surface area contributed by atoms with E-state index >= 15 is 0 Å². The standard InChI is InChI=1S/C12H14ClNO6/c1-2-19-10(15)6-3-7(12(17)18)14-11(16)8-4-5-9(13)20-8/h4-5,7H,2-3,6H2,1H3,(H,14,16)(H,17,18)/t7-/m0/s1. The molecule has 0 fully saturated rings. The number of carbonyl (C=O) groups is 3. The first-order valence-electron chi connectivity index (χ1n) is 5.88. The molecule has 20 heavy (non-hydrogen) atoms. The van der Waals surface area contributed by atoms with Gasteiger partial charge in [-0.1, -0.05) is 0 Å². The maximum Gasteiger partial charge on any atom is 0.326 e. The van der Waals surface area contributed by atoms with Crippen LogP contribution in [-0.4, -0.2) is 35.6 Å². The number of hydrogen-bond acceptors (Lipinski definition) is 5. The van der Waals surface area contributed by atoms with Gasteiger partial charge in [-0.25, -0.2) is 4.79 Å². The summed E-state index contributed by atoms with van der Waals surface area (Å²) in [6.07, 6.45) is -0.182. The summed E-state index contributed by atoms with van der Waals surface area (Å²) in [5, 5.41) is 11.3. The van der Waals surface area contributed by atoms with E-state index in [-0.39, 0.29) is 30.4 Å². The molecule has 110 valence electrons. The highest BCUT2D eigenvalue weighted by Crippen LogP contribution is 2.13. The summed E-state index contributed by atoms with van der Waals surface area (Å²) in [5.41, 5.74) is 0. The lowest BCUT2D eigenvalue weighted by Gasteiger charge is -2.13. The van der Waals surface area contributed by atoms with Crippen LogP contribution in [0.1, 0.15) is 30.3 Å². The summed E-state index contributed by atoms with van der Waals surface area (Å²) in [5.74, 6) is -2.58. The summed E-state index contributed by atoms with van der Waals surface area (Å²) in [7, 11) is 0. The minimum absolute atomic E-state index is 0.0218. The van der Waals surface area contributed by atoms with Gasteiger partial charge in [-0.15, -0.1) is 0 Å². The van der Waals surface area contributed by atoms with E-state index in [0.717, 1.165) is 0 Å². The zero-order chi connectivity index (χ0) is 15.1. The smallest absolute Gasteiger partial charge is 0.326 e. The average molecular weight is 304 g/mol. The minimum atomic E-state index is -1.25. The number of ether oxygens (including phenoxy) is 1. The lowest BCUT2D eigenvalue weighted by molar-refractivity contribution is -0.144. The van der Waals surface area contributed by atoms with E-state index in [0.29, 0.717) is 0 Å². The second-order valence-electron chi connectivity index (χ2n) is 3.81. The van der Waals surface area contributed by atoms with Crippen LogP contribution in [0.5, 0.6) is 0 Å². The SMILES string of the molecule is CCOC(=O)CC[C@H](NC(=O)c1ccc(Cl)o1)C(=O)O. The number of nitrogens with one attached hydrogen (secondary N) is 1. The van der Waals surface area contributed by atoms with Crippen molar-refractivity contribution in [3.05, 3.63) is 23.1 Å². The fraction of sp³-hybridized carbons (Fsp3) is 0.417. The Labute approximate surface area is 119 Å². The molecule has 1 rings (SSSR count). The van der Waals surface area contributed by atoms with E-state index in [1.807, 2.05) is 0 Å². The first-order valence-corrected chi connectivity index (χ1v) is 6.26. The molecule has 1 aromatic rings. The van der Waals surface area contributed by atoms with Crippen molar-refractivity contribution in [1.29, 1.82) is 0 Å². The van der Waals surface area contributed by atoms with Gasteiger partial charge in [0.15, 0.2) is 11.0 Å². The molecule has 0 aliphatic carbocycles. The van der Waals surface area contributed by atoms with Crippen LogP contribution in [0.25, 0.3) is 0 Å². The Kier molecular flexibility index (Phi) is 6.05. The average Bonchev–Trinajstić information content (AvgIpc) is 2.81. The summed E-state index contributed by atoms with van der Waals surface area (Å²) in [4.78, 5) is 33.9. The zero-order valence-electron chi connectivity index (χ0n) is 10.7. The Morgan fingerprint density at radius 3 is 2.65 bits per heavy atom. The lowest BCUT2D eigenvalue weighted by Crippen LogP contribution is -2.41. The number of furan rings is 1. The van der Waals surface area contributed by atoms with Gasteiger partial charge < -0.3 is 19.6 Å². The molecule has 2 N–H and O–H groups in total. The van der Waals surface area contributed by atoms with Crippen molar-refractivity contribution in [2.75, 3.05) is 6.61 Å². The van der Waals surface area contributed by atoms with Crippen molar-refractivity contribution >= 4 is 29.4 Å². The van der Waals surface area contributed by atoms with E-state index in [2.05, 4.69) is 10.1 Å². The van der Waals surface area contributed by atoms with Gasteiger partial charge in [-0.2, -0.15) is 0 Å². The van der Waals surface area contributed by atoms with Gasteiger partial charge in [0.1, 0.15) is 6.04 Å². The highest BCUT2D eigenvalue weighted by molar-refractivity contribution is 6.29. The van der Waals surface area contributed by atoms with Crippen LogP contribution >= 0.6 is 11.6 Å². The van der Waals surface area contributed by atoms with Crippen LogP contribution in [0, 0.1) is 0 Å². The molecule has 0 spiro atoms. The minimum Gasteiger partial charge on any atom is -0.480 e. The summed E-state index contributed by atoms with van der Waals surface area (Å²) in [6.45, 7) is 1.86. The number of esters is 1. The molecular formula is C12H14ClNO6. The lowest BCUT2D eigenvalue weighted by atomic mass is 10.1. The van der Waals surface area contributed by atoms with Gasteiger partial charge in [0.05, 0.1) is 6.61 Å². The van der Waals surface area contributed by atoms with E-state index in [1.165, 1.54) is 12.1 Å². The normalized spacial score (nSPS) is 11.7. The van der Waals surface area contributed by atoms with Gasteiger partial charge in [-0.05, 0) is 37.1 Å². The molecular weight excluding hydrogens is 290 g/mol. The van der Waals surface area contributed by atoms with Crippen molar-refractivity contribution in [1.82, 2.24) is 5.32 Å². The van der Waals surface area contributed by atoms with Crippen molar-refractivity contribution in [3.8, 4) is 0 Å². The maximum absolute atomic E-state index is 11.7. The molecule has 0 unspecified atom stereocenters. The molecule has 0 saturated heterocycles. The number of rotatable bonds is 7. The van der Waals surface area contributed by atoms with Crippen molar-refractivity contribution < 1.29 is 28.6 Å². The monoisotopic (exact) mass is 303 g/mol. The molecule has 0 aromatic carbocycles. The highest BCUT2D eigenvalue weighted by atomic mass is 35.5. The Bertz CT molecular complexity index is 498. The van der Waals surface area contributed by atoms with E-state index in [1.54, 1.807) is 6.92 Å². The van der Waals surface area contributed by atoms with Crippen LogP contribution in [0.3, 0.4) is 0 Å². The third-order valence-electron chi connectivity index (χ3n) is 2.34. The van der Waals surface area contributed by atoms with Crippen LogP contribution in [0.4, 0.5) is 0 Å². The van der Waals surface area contributed by atoms with E-state index in [9.17, 15) is 14.4 Å². The van der Waals surface area contributed by atoms with Gasteiger partial charge in [0.2, 0.25) is 0 Å². The number of halogens is 1. The van der Waals surface area contributed by atoms with E-state index < -0.39 is 23.9 Å². The third kappa shape index (κ3) is 4.93. The molecule has 0 bridgehead atoms. The Morgan fingerprint density at radius 2 is 2.15 bits per heavy atom. The van der Waals surface area contributed by atoms with Gasteiger partial charge >= 0.3 is 11.9 Å². The first-order chi connectivity index (χ1) is 9.43. The van der Waals surface area contributed by atoms with Gasteiger partial charge in [0.25, 0.3) is 5.91 Å². The first kappa shape index (κ1) is 16.0. The van der Waals surface area contributed by atoms with Crippen LogP contribution in [0.2, 0.25) is 5.22 Å². The number of carboxylic acids is 1. The van der Waals surface area contributed by atoms with Crippen LogP contribution in [0.15, 0.2) is 16.5 Å². The summed E-state index contributed by atoms with van der Waals surface area (Å²) in [6, 6.07) is 1.48. The Hall–Kier alpha value is -2.02. The second kappa shape index (κ2) is 7.54. The second-order valence-corrected chi connectivity index (χ2v) is 4.18. The summed E-state index contributed by atoms with van der Waals surface area (Å²) < 4.78 is 9.54. The number of aliphatic carboxylic acids is 1. The van der Waals surface area contributed by atoms with Crippen LogP contribution < -0.4 is 5.32 Å². The molecule has 1 heterocycles.